The number of hydrogen-bond acceptors (Lipinski definition) is 4. The van der Waals surface area contributed by atoms with E-state index in [2.05, 4.69) is 5.32 Å². The molecule has 5 heteroatoms. The lowest BCUT2D eigenvalue weighted by Crippen LogP contribution is -2.49. The van der Waals surface area contributed by atoms with Crippen LogP contribution in [0.1, 0.15) is 30.1 Å². The van der Waals surface area contributed by atoms with Crippen molar-refractivity contribution in [1.82, 2.24) is 10.2 Å². The number of rotatable bonds is 2. The van der Waals surface area contributed by atoms with E-state index in [1.165, 1.54) is 4.90 Å². The number of likely N-dealkylation sites (tertiary alicyclic amines) is 1. The summed E-state index contributed by atoms with van der Waals surface area (Å²) in [6.45, 7) is 1.65. The maximum Gasteiger partial charge on any atom is 0.230 e. The second-order valence-corrected chi connectivity index (χ2v) is 5.90. The smallest absolute Gasteiger partial charge is 0.230 e. The minimum atomic E-state index is -0.00153. The Morgan fingerprint density at radius 3 is 2.61 bits per heavy atom. The van der Waals surface area contributed by atoms with Gasteiger partial charge in [-0.3, -0.25) is 14.5 Å². The Morgan fingerprint density at radius 1 is 1.28 bits per heavy atom. The van der Waals surface area contributed by atoms with E-state index in [0.717, 1.165) is 24.4 Å². The van der Waals surface area contributed by atoms with E-state index in [-0.39, 0.29) is 23.8 Å². The highest BCUT2D eigenvalue weighted by atomic mass is 32.1. The van der Waals surface area contributed by atoms with Gasteiger partial charge in [-0.05, 0) is 24.4 Å². The van der Waals surface area contributed by atoms with Crippen LogP contribution in [0.25, 0.3) is 0 Å². The van der Waals surface area contributed by atoms with Gasteiger partial charge in [-0.2, -0.15) is 0 Å². The first kappa shape index (κ1) is 11.9. The summed E-state index contributed by atoms with van der Waals surface area (Å²) in [6, 6.07) is 4.07. The summed E-state index contributed by atoms with van der Waals surface area (Å²) < 4.78 is 0. The SMILES string of the molecule is O=C1CC(c2cccs2)CC(=O)N1C1CCNC1. The van der Waals surface area contributed by atoms with Crippen LogP contribution in [0.2, 0.25) is 0 Å². The monoisotopic (exact) mass is 264 g/mol. The van der Waals surface area contributed by atoms with E-state index in [1.807, 2.05) is 17.5 Å². The number of thiophene rings is 1. The summed E-state index contributed by atoms with van der Waals surface area (Å²) in [6.07, 6.45) is 1.84. The molecule has 0 radical (unpaired) electrons. The molecular weight excluding hydrogens is 248 g/mol. The highest BCUT2D eigenvalue weighted by Gasteiger charge is 2.38. The van der Waals surface area contributed by atoms with Gasteiger partial charge in [0, 0.05) is 30.2 Å². The van der Waals surface area contributed by atoms with Gasteiger partial charge in [0.05, 0.1) is 6.04 Å². The molecule has 1 unspecified atom stereocenters. The van der Waals surface area contributed by atoms with Crippen molar-refractivity contribution >= 4 is 23.2 Å². The highest BCUT2D eigenvalue weighted by molar-refractivity contribution is 7.10. The zero-order valence-electron chi connectivity index (χ0n) is 10.1. The minimum Gasteiger partial charge on any atom is -0.315 e. The zero-order chi connectivity index (χ0) is 12.5. The van der Waals surface area contributed by atoms with Crippen molar-refractivity contribution in [3.63, 3.8) is 0 Å². The van der Waals surface area contributed by atoms with Gasteiger partial charge >= 0.3 is 0 Å². The number of hydrogen-bond donors (Lipinski definition) is 1. The molecule has 1 aromatic heterocycles. The number of imide groups is 1. The normalized spacial score (nSPS) is 26.0. The van der Waals surface area contributed by atoms with E-state index in [4.69, 9.17) is 0 Å². The second kappa shape index (κ2) is 4.82. The summed E-state index contributed by atoms with van der Waals surface area (Å²) in [5.74, 6) is 0.0901. The summed E-state index contributed by atoms with van der Waals surface area (Å²) in [5, 5.41) is 5.20. The summed E-state index contributed by atoms with van der Waals surface area (Å²) in [7, 11) is 0. The maximum atomic E-state index is 12.2. The van der Waals surface area contributed by atoms with Gasteiger partial charge in [0.2, 0.25) is 11.8 Å². The van der Waals surface area contributed by atoms with Crippen molar-refractivity contribution in [3.05, 3.63) is 22.4 Å². The molecule has 0 bridgehead atoms. The summed E-state index contributed by atoms with van der Waals surface area (Å²) in [5.41, 5.74) is 0. The number of amides is 2. The second-order valence-electron chi connectivity index (χ2n) is 4.92. The first-order valence-electron chi connectivity index (χ1n) is 6.34. The van der Waals surface area contributed by atoms with Crippen molar-refractivity contribution in [3.8, 4) is 0 Å². The molecule has 1 aromatic rings. The molecule has 0 saturated carbocycles. The lowest BCUT2D eigenvalue weighted by Gasteiger charge is -2.33. The van der Waals surface area contributed by atoms with Crippen molar-refractivity contribution in [2.45, 2.75) is 31.2 Å². The predicted octanol–water partition coefficient (Wildman–Crippen LogP) is 1.34. The molecule has 96 valence electrons. The average molecular weight is 264 g/mol. The van der Waals surface area contributed by atoms with Crippen LogP contribution in [-0.2, 0) is 9.59 Å². The molecule has 3 rings (SSSR count). The molecule has 2 saturated heterocycles. The van der Waals surface area contributed by atoms with Crippen molar-refractivity contribution in [2.24, 2.45) is 0 Å². The summed E-state index contributed by atoms with van der Waals surface area (Å²) >= 11 is 1.63. The van der Waals surface area contributed by atoms with E-state index < -0.39 is 0 Å². The van der Waals surface area contributed by atoms with Crippen LogP contribution in [0.15, 0.2) is 17.5 Å². The lowest BCUT2D eigenvalue weighted by atomic mass is 9.93. The van der Waals surface area contributed by atoms with E-state index in [9.17, 15) is 9.59 Å². The van der Waals surface area contributed by atoms with Gasteiger partial charge in [0.15, 0.2) is 0 Å². The quantitative estimate of drug-likeness (QED) is 0.820. The van der Waals surface area contributed by atoms with Gasteiger partial charge in [0.25, 0.3) is 0 Å². The lowest BCUT2D eigenvalue weighted by molar-refractivity contribution is -0.151. The maximum absolute atomic E-state index is 12.2. The Labute approximate surface area is 110 Å². The van der Waals surface area contributed by atoms with Crippen molar-refractivity contribution < 1.29 is 9.59 Å². The molecule has 2 aliphatic heterocycles. The van der Waals surface area contributed by atoms with Gasteiger partial charge in [-0.15, -0.1) is 11.3 Å². The van der Waals surface area contributed by atoms with Crippen LogP contribution in [0.5, 0.6) is 0 Å². The van der Waals surface area contributed by atoms with Crippen molar-refractivity contribution in [2.75, 3.05) is 13.1 Å². The third kappa shape index (κ3) is 2.08. The summed E-state index contributed by atoms with van der Waals surface area (Å²) in [4.78, 5) is 27.0. The topological polar surface area (TPSA) is 49.4 Å². The molecule has 0 aromatic carbocycles. The standard InChI is InChI=1S/C13H16N2O2S/c16-12-6-9(11-2-1-5-18-11)7-13(17)15(12)10-3-4-14-8-10/h1-2,5,9-10,14H,3-4,6-8H2. The van der Waals surface area contributed by atoms with E-state index in [1.54, 1.807) is 11.3 Å². The van der Waals surface area contributed by atoms with Crippen molar-refractivity contribution in [1.29, 1.82) is 0 Å². The molecule has 2 fully saturated rings. The molecule has 2 amide bonds. The molecule has 1 atom stereocenters. The minimum absolute atomic E-state index is 0.00153. The third-order valence-corrected chi connectivity index (χ3v) is 4.76. The first-order valence-corrected chi connectivity index (χ1v) is 7.22. The fourth-order valence-corrected chi connectivity index (χ4v) is 3.65. The Morgan fingerprint density at radius 2 is 2.06 bits per heavy atom. The molecule has 3 heterocycles. The number of piperidine rings is 1. The highest BCUT2D eigenvalue weighted by Crippen LogP contribution is 2.33. The molecular formula is C13H16N2O2S. The predicted molar refractivity (Wildman–Crippen MR) is 69.4 cm³/mol. The molecule has 18 heavy (non-hydrogen) atoms. The van der Waals surface area contributed by atoms with Crippen LogP contribution in [0.3, 0.4) is 0 Å². The molecule has 4 nitrogen and oxygen atoms in total. The number of carbonyl (C=O) groups is 2. The Kier molecular flexibility index (Phi) is 3.18. The van der Waals surface area contributed by atoms with Crippen LogP contribution < -0.4 is 5.32 Å². The van der Waals surface area contributed by atoms with E-state index >= 15 is 0 Å². The Balaban J connectivity index is 1.75. The number of nitrogens with zero attached hydrogens (tertiary/aromatic N) is 1. The van der Waals surface area contributed by atoms with Crippen LogP contribution in [0, 0.1) is 0 Å². The first-order chi connectivity index (χ1) is 8.75. The Bertz CT molecular complexity index is 434. The van der Waals surface area contributed by atoms with Gasteiger partial charge in [0.1, 0.15) is 0 Å². The fourth-order valence-electron chi connectivity index (χ4n) is 2.82. The third-order valence-electron chi connectivity index (χ3n) is 3.72. The van der Waals surface area contributed by atoms with E-state index in [0.29, 0.717) is 12.8 Å². The van der Waals surface area contributed by atoms with Gasteiger partial charge < -0.3 is 5.32 Å². The molecule has 0 spiro atoms. The van der Waals surface area contributed by atoms with Crippen LogP contribution >= 0.6 is 11.3 Å². The zero-order valence-corrected chi connectivity index (χ0v) is 10.9. The largest absolute Gasteiger partial charge is 0.315 e. The molecule has 2 aliphatic rings. The Hall–Kier alpha value is -1.20. The average Bonchev–Trinajstić information content (AvgIpc) is 3.01. The fraction of sp³-hybridized carbons (Fsp3) is 0.538. The van der Waals surface area contributed by atoms with Crippen LogP contribution in [-0.4, -0.2) is 35.8 Å². The molecule has 0 aliphatic carbocycles. The van der Waals surface area contributed by atoms with Crippen LogP contribution in [0.4, 0.5) is 0 Å². The van der Waals surface area contributed by atoms with Gasteiger partial charge in [-0.1, -0.05) is 6.07 Å². The number of carbonyl (C=O) groups excluding carboxylic acids is 2. The molecule has 1 N–H and O–H groups in total. The number of nitrogens with one attached hydrogen (secondary N) is 1. The van der Waals surface area contributed by atoms with Gasteiger partial charge in [-0.25, -0.2) is 0 Å².